The molecule has 1 N–H and O–H groups in total. The molecule has 0 aliphatic heterocycles. The van der Waals surface area contributed by atoms with E-state index >= 15 is 0 Å². The van der Waals surface area contributed by atoms with Crippen molar-refractivity contribution in [1.82, 2.24) is 4.31 Å². The van der Waals surface area contributed by atoms with Crippen LogP contribution < -0.4 is 14.8 Å². The van der Waals surface area contributed by atoms with Crippen LogP contribution in [0.5, 0.6) is 11.5 Å². The van der Waals surface area contributed by atoms with E-state index in [2.05, 4.69) is 5.32 Å². The largest absolute Gasteiger partial charge is 0.497 e. The number of anilines is 1. The second kappa shape index (κ2) is 10.8. The van der Waals surface area contributed by atoms with Gasteiger partial charge in [0.05, 0.1) is 18.6 Å². The number of nitrogens with zero attached hydrogens (tertiary/aromatic N) is 1. The van der Waals surface area contributed by atoms with Gasteiger partial charge in [0.2, 0.25) is 15.9 Å². The van der Waals surface area contributed by atoms with E-state index in [-0.39, 0.29) is 10.8 Å². The predicted molar refractivity (Wildman–Crippen MR) is 113 cm³/mol. The molecule has 0 bridgehead atoms. The van der Waals surface area contributed by atoms with Crippen LogP contribution in [-0.4, -0.2) is 45.4 Å². The van der Waals surface area contributed by atoms with Gasteiger partial charge < -0.3 is 14.8 Å². The number of benzene rings is 2. The zero-order valence-electron chi connectivity index (χ0n) is 17.1. The summed E-state index contributed by atoms with van der Waals surface area (Å²) in [5, 5.41) is 2.77. The molecule has 0 fully saturated rings. The fourth-order valence-electron chi connectivity index (χ4n) is 2.74. The molecule has 0 spiro atoms. The quantitative estimate of drug-likeness (QED) is 0.562. The standard InChI is InChI=1S/C21H28N2O5S/c1-4-23(5-2)29(25,26)20-14-8-17(9-15-20)22-21(24)7-6-16-28-19-12-10-18(27-3)11-13-19/h8-15H,4-7,16H2,1-3H3,(H,22,24). The topological polar surface area (TPSA) is 84.9 Å². The van der Waals surface area contributed by atoms with Crippen molar-refractivity contribution in [2.75, 3.05) is 32.1 Å². The SMILES string of the molecule is CCN(CC)S(=O)(=O)c1ccc(NC(=O)CCCOc2ccc(OC)cc2)cc1. The predicted octanol–water partition coefficient (Wildman–Crippen LogP) is 3.52. The molecular formula is C21H28N2O5S. The monoisotopic (exact) mass is 420 g/mol. The minimum Gasteiger partial charge on any atom is -0.497 e. The minimum atomic E-state index is -3.50. The summed E-state index contributed by atoms with van der Waals surface area (Å²) in [7, 11) is -1.90. The van der Waals surface area contributed by atoms with Crippen LogP contribution in [0.1, 0.15) is 26.7 Å². The highest BCUT2D eigenvalue weighted by Gasteiger charge is 2.21. The lowest BCUT2D eigenvalue weighted by molar-refractivity contribution is -0.116. The van der Waals surface area contributed by atoms with E-state index < -0.39 is 10.0 Å². The molecule has 0 unspecified atom stereocenters. The molecule has 0 radical (unpaired) electrons. The molecule has 2 aromatic carbocycles. The van der Waals surface area contributed by atoms with E-state index in [1.54, 1.807) is 33.1 Å². The van der Waals surface area contributed by atoms with E-state index in [0.717, 1.165) is 11.5 Å². The zero-order chi connectivity index (χ0) is 21.3. The molecule has 0 aliphatic carbocycles. The van der Waals surface area contributed by atoms with Crippen molar-refractivity contribution in [2.24, 2.45) is 0 Å². The van der Waals surface area contributed by atoms with Crippen molar-refractivity contribution >= 4 is 21.6 Å². The molecule has 8 heteroatoms. The van der Waals surface area contributed by atoms with Crippen LogP contribution in [0.25, 0.3) is 0 Å². The van der Waals surface area contributed by atoms with Crippen molar-refractivity contribution in [3.8, 4) is 11.5 Å². The highest BCUT2D eigenvalue weighted by atomic mass is 32.2. The number of sulfonamides is 1. The van der Waals surface area contributed by atoms with Crippen molar-refractivity contribution < 1.29 is 22.7 Å². The van der Waals surface area contributed by atoms with E-state index in [0.29, 0.717) is 38.2 Å². The number of hydrogen-bond donors (Lipinski definition) is 1. The lowest BCUT2D eigenvalue weighted by atomic mass is 10.2. The first-order valence-electron chi connectivity index (χ1n) is 9.57. The maximum Gasteiger partial charge on any atom is 0.243 e. The fraction of sp³-hybridized carbons (Fsp3) is 0.381. The molecule has 2 rings (SSSR count). The molecule has 7 nitrogen and oxygen atoms in total. The van der Waals surface area contributed by atoms with Crippen molar-refractivity contribution in [3.05, 3.63) is 48.5 Å². The normalized spacial score (nSPS) is 11.3. The summed E-state index contributed by atoms with van der Waals surface area (Å²) in [6, 6.07) is 13.5. The minimum absolute atomic E-state index is 0.150. The maximum absolute atomic E-state index is 12.5. The Labute approximate surface area is 172 Å². The Kier molecular flexibility index (Phi) is 8.48. The summed E-state index contributed by atoms with van der Waals surface area (Å²) in [6.07, 6.45) is 0.863. The van der Waals surface area contributed by atoms with Gasteiger partial charge in [0, 0.05) is 25.2 Å². The lowest BCUT2D eigenvalue weighted by Gasteiger charge is -2.18. The third-order valence-corrected chi connectivity index (χ3v) is 6.42. The number of ether oxygens (including phenoxy) is 2. The summed E-state index contributed by atoms with van der Waals surface area (Å²) >= 11 is 0. The van der Waals surface area contributed by atoms with E-state index in [4.69, 9.17) is 9.47 Å². The Morgan fingerprint density at radius 1 is 0.966 bits per heavy atom. The van der Waals surface area contributed by atoms with Gasteiger partial charge in [0.25, 0.3) is 0 Å². The van der Waals surface area contributed by atoms with Gasteiger partial charge in [-0.25, -0.2) is 8.42 Å². The van der Waals surface area contributed by atoms with Crippen LogP contribution in [0.15, 0.2) is 53.4 Å². The van der Waals surface area contributed by atoms with Gasteiger partial charge in [-0.15, -0.1) is 0 Å². The van der Waals surface area contributed by atoms with Gasteiger partial charge >= 0.3 is 0 Å². The van der Waals surface area contributed by atoms with E-state index in [1.165, 1.54) is 16.4 Å². The third-order valence-electron chi connectivity index (χ3n) is 4.36. The van der Waals surface area contributed by atoms with Crippen molar-refractivity contribution in [2.45, 2.75) is 31.6 Å². The van der Waals surface area contributed by atoms with Crippen LogP contribution in [0.4, 0.5) is 5.69 Å². The van der Waals surface area contributed by atoms with Crippen LogP contribution in [0, 0.1) is 0 Å². The number of methoxy groups -OCH3 is 1. The highest BCUT2D eigenvalue weighted by molar-refractivity contribution is 7.89. The molecule has 1 amide bonds. The first kappa shape index (κ1) is 22.7. The Bertz CT molecular complexity index is 876. The Hall–Kier alpha value is -2.58. The molecule has 158 valence electrons. The van der Waals surface area contributed by atoms with E-state index in [9.17, 15) is 13.2 Å². The Morgan fingerprint density at radius 2 is 1.55 bits per heavy atom. The first-order valence-corrected chi connectivity index (χ1v) is 11.0. The molecule has 0 saturated carbocycles. The van der Waals surface area contributed by atoms with Gasteiger partial charge in [-0.05, 0) is 55.0 Å². The van der Waals surface area contributed by atoms with Gasteiger partial charge in [-0.1, -0.05) is 13.8 Å². The molecule has 0 aromatic heterocycles. The number of carbonyl (C=O) groups is 1. The van der Waals surface area contributed by atoms with Gasteiger partial charge in [0.1, 0.15) is 11.5 Å². The Balaban J connectivity index is 1.80. The van der Waals surface area contributed by atoms with E-state index in [1.807, 2.05) is 24.3 Å². The van der Waals surface area contributed by atoms with Gasteiger partial charge in [0.15, 0.2) is 0 Å². The van der Waals surface area contributed by atoms with Crippen LogP contribution >= 0.6 is 0 Å². The molecule has 0 heterocycles. The van der Waals surface area contributed by atoms with Crippen molar-refractivity contribution in [1.29, 1.82) is 0 Å². The highest BCUT2D eigenvalue weighted by Crippen LogP contribution is 2.19. The number of nitrogens with one attached hydrogen (secondary N) is 1. The van der Waals surface area contributed by atoms with Crippen LogP contribution in [0.3, 0.4) is 0 Å². The summed E-state index contributed by atoms with van der Waals surface area (Å²) in [5.74, 6) is 1.33. The van der Waals surface area contributed by atoms with Crippen molar-refractivity contribution in [3.63, 3.8) is 0 Å². The maximum atomic E-state index is 12.5. The summed E-state index contributed by atoms with van der Waals surface area (Å²) in [5.41, 5.74) is 0.560. The number of rotatable bonds is 11. The molecule has 0 saturated heterocycles. The van der Waals surface area contributed by atoms with Crippen LogP contribution in [-0.2, 0) is 14.8 Å². The summed E-state index contributed by atoms with van der Waals surface area (Å²) in [6.45, 7) is 4.84. The molecule has 0 atom stereocenters. The van der Waals surface area contributed by atoms with Gasteiger partial charge in [-0.2, -0.15) is 4.31 Å². The van der Waals surface area contributed by atoms with Crippen LogP contribution in [0.2, 0.25) is 0 Å². The number of amides is 1. The smallest absolute Gasteiger partial charge is 0.243 e. The first-order chi connectivity index (χ1) is 13.9. The fourth-order valence-corrected chi connectivity index (χ4v) is 4.20. The molecule has 2 aromatic rings. The average Bonchev–Trinajstić information content (AvgIpc) is 2.73. The third kappa shape index (κ3) is 6.47. The number of hydrogen-bond acceptors (Lipinski definition) is 5. The molecule has 29 heavy (non-hydrogen) atoms. The lowest BCUT2D eigenvalue weighted by Crippen LogP contribution is -2.30. The second-order valence-electron chi connectivity index (χ2n) is 6.29. The summed E-state index contributed by atoms with van der Waals surface area (Å²) < 4.78 is 37.0. The Morgan fingerprint density at radius 3 is 2.10 bits per heavy atom. The van der Waals surface area contributed by atoms with Gasteiger partial charge in [-0.3, -0.25) is 4.79 Å². The second-order valence-corrected chi connectivity index (χ2v) is 8.23. The summed E-state index contributed by atoms with van der Waals surface area (Å²) in [4.78, 5) is 12.3. The number of carbonyl (C=O) groups excluding carboxylic acids is 1. The molecular weight excluding hydrogens is 392 g/mol. The average molecular weight is 421 g/mol. The molecule has 0 aliphatic rings. The zero-order valence-corrected chi connectivity index (χ0v) is 17.9.